The standard InChI is InChI=1S/C9H9ClN2O4/c1-16-11(10)9(13)6-7-4-2-3-5-8(7)12(14)15/h2-5H,6H2,1H3. The molecule has 7 heteroatoms. The SMILES string of the molecule is CON(Cl)C(=O)Cc1ccccc1[N+](=O)[O-]. The third-order valence-electron chi connectivity index (χ3n) is 1.89. The first-order valence-corrected chi connectivity index (χ1v) is 4.65. The molecule has 0 unspecified atom stereocenters. The molecule has 1 rings (SSSR count). The number of hydroxylamine groups is 1. The third-order valence-corrected chi connectivity index (χ3v) is 2.21. The van der Waals surface area contributed by atoms with Crippen molar-refractivity contribution >= 4 is 23.4 Å². The van der Waals surface area contributed by atoms with Gasteiger partial charge >= 0.3 is 0 Å². The van der Waals surface area contributed by atoms with Crippen molar-refractivity contribution in [3.05, 3.63) is 39.9 Å². The van der Waals surface area contributed by atoms with Crippen molar-refractivity contribution < 1.29 is 14.6 Å². The van der Waals surface area contributed by atoms with Crippen molar-refractivity contribution in [2.45, 2.75) is 6.42 Å². The molecule has 0 aliphatic carbocycles. The molecular weight excluding hydrogens is 236 g/mol. The van der Waals surface area contributed by atoms with Gasteiger partial charge in [0.15, 0.2) is 0 Å². The highest BCUT2D eigenvalue weighted by molar-refractivity contribution is 6.20. The molecule has 0 spiro atoms. The molecule has 0 aromatic heterocycles. The fourth-order valence-corrected chi connectivity index (χ4v) is 1.23. The number of nitrogens with zero attached hydrogens (tertiary/aromatic N) is 2. The summed E-state index contributed by atoms with van der Waals surface area (Å²) in [6, 6.07) is 5.96. The minimum atomic E-state index is -0.571. The molecule has 86 valence electrons. The van der Waals surface area contributed by atoms with Crippen molar-refractivity contribution in [3.63, 3.8) is 0 Å². The molecule has 0 bridgehead atoms. The zero-order chi connectivity index (χ0) is 12.1. The number of carbonyl (C=O) groups excluding carboxylic acids is 1. The van der Waals surface area contributed by atoms with E-state index in [1.165, 1.54) is 25.3 Å². The first kappa shape index (κ1) is 12.4. The van der Waals surface area contributed by atoms with Crippen LogP contribution in [0.2, 0.25) is 0 Å². The Bertz CT molecular complexity index is 410. The number of hydrogen-bond acceptors (Lipinski definition) is 4. The van der Waals surface area contributed by atoms with Crippen molar-refractivity contribution in [1.29, 1.82) is 0 Å². The van der Waals surface area contributed by atoms with Crippen LogP contribution in [0.15, 0.2) is 24.3 Å². The van der Waals surface area contributed by atoms with E-state index in [4.69, 9.17) is 11.8 Å². The average Bonchev–Trinajstić information content (AvgIpc) is 2.28. The molecule has 0 atom stereocenters. The summed E-state index contributed by atoms with van der Waals surface area (Å²) in [7, 11) is 1.23. The van der Waals surface area contributed by atoms with Crippen LogP contribution in [0.5, 0.6) is 0 Å². The molecule has 0 aliphatic rings. The topological polar surface area (TPSA) is 72.7 Å². The summed E-state index contributed by atoms with van der Waals surface area (Å²) >= 11 is 5.39. The second-order valence-electron chi connectivity index (χ2n) is 2.88. The lowest BCUT2D eigenvalue weighted by atomic mass is 10.1. The van der Waals surface area contributed by atoms with Crippen LogP contribution in [0.4, 0.5) is 5.69 Å². The molecule has 16 heavy (non-hydrogen) atoms. The van der Waals surface area contributed by atoms with Gasteiger partial charge < -0.3 is 0 Å². The van der Waals surface area contributed by atoms with Crippen LogP contribution >= 0.6 is 11.8 Å². The van der Waals surface area contributed by atoms with Gasteiger partial charge in [0.1, 0.15) is 0 Å². The Morgan fingerprint density at radius 2 is 2.19 bits per heavy atom. The van der Waals surface area contributed by atoms with Gasteiger partial charge in [0.2, 0.25) is 0 Å². The van der Waals surface area contributed by atoms with Gasteiger partial charge in [-0.2, -0.15) is 0 Å². The number of rotatable bonds is 4. The molecule has 1 amide bonds. The van der Waals surface area contributed by atoms with Crippen LogP contribution in [0, 0.1) is 10.1 Å². The van der Waals surface area contributed by atoms with Gasteiger partial charge in [-0.25, -0.2) is 0 Å². The summed E-state index contributed by atoms with van der Waals surface area (Å²) in [6.45, 7) is 0. The molecule has 0 N–H and O–H groups in total. The third kappa shape index (κ3) is 2.91. The maximum atomic E-state index is 11.4. The lowest BCUT2D eigenvalue weighted by Gasteiger charge is -2.09. The highest BCUT2D eigenvalue weighted by atomic mass is 35.5. The van der Waals surface area contributed by atoms with Crippen molar-refractivity contribution in [2.24, 2.45) is 0 Å². The molecule has 1 aromatic carbocycles. The van der Waals surface area contributed by atoms with Crippen LogP contribution in [-0.2, 0) is 16.1 Å². The second kappa shape index (κ2) is 5.43. The van der Waals surface area contributed by atoms with Gasteiger partial charge in [-0.1, -0.05) is 18.2 Å². The second-order valence-corrected chi connectivity index (χ2v) is 3.19. The number of hydrogen-bond donors (Lipinski definition) is 0. The molecule has 0 radical (unpaired) electrons. The summed E-state index contributed by atoms with van der Waals surface area (Å²) in [6.07, 6.45) is -0.186. The zero-order valence-corrected chi connectivity index (χ0v) is 9.18. The Morgan fingerprint density at radius 1 is 1.56 bits per heavy atom. The highest BCUT2D eigenvalue weighted by Gasteiger charge is 2.18. The number of halogens is 1. The summed E-state index contributed by atoms with van der Waals surface area (Å²) in [5, 5.41) is 10.7. The van der Waals surface area contributed by atoms with Gasteiger partial charge in [0.25, 0.3) is 11.6 Å². The van der Waals surface area contributed by atoms with Crippen LogP contribution < -0.4 is 0 Å². The van der Waals surface area contributed by atoms with Gasteiger partial charge in [0.05, 0.1) is 18.5 Å². The Morgan fingerprint density at radius 3 is 2.75 bits per heavy atom. The summed E-state index contributed by atoms with van der Waals surface area (Å²) < 4.78 is 0.511. The quantitative estimate of drug-likeness (QED) is 0.459. The number of nitro benzene ring substituents is 1. The molecule has 0 saturated carbocycles. The van der Waals surface area contributed by atoms with Crippen LogP contribution in [0.25, 0.3) is 0 Å². The zero-order valence-electron chi connectivity index (χ0n) is 8.42. The number of carbonyl (C=O) groups is 1. The first-order valence-electron chi connectivity index (χ1n) is 4.31. The van der Waals surface area contributed by atoms with E-state index < -0.39 is 10.8 Å². The maximum Gasteiger partial charge on any atom is 0.273 e. The number of amides is 1. The Balaban J connectivity index is 2.89. The largest absolute Gasteiger partial charge is 0.273 e. The smallest absolute Gasteiger partial charge is 0.271 e. The van der Waals surface area contributed by atoms with Crippen molar-refractivity contribution in [3.8, 4) is 0 Å². The minimum absolute atomic E-state index is 0.114. The lowest BCUT2D eigenvalue weighted by Crippen LogP contribution is -2.22. The molecule has 0 saturated heterocycles. The average molecular weight is 245 g/mol. The Labute approximate surface area is 96.6 Å². The van der Waals surface area contributed by atoms with E-state index in [2.05, 4.69) is 4.84 Å². The van der Waals surface area contributed by atoms with E-state index in [1.807, 2.05) is 0 Å². The number of benzene rings is 1. The van der Waals surface area contributed by atoms with Gasteiger partial charge in [-0.15, -0.1) is 4.58 Å². The Hall–Kier alpha value is -1.66. The van der Waals surface area contributed by atoms with E-state index in [1.54, 1.807) is 6.07 Å². The number of nitro groups is 1. The summed E-state index contributed by atoms with van der Waals surface area (Å²) in [4.78, 5) is 25.9. The molecule has 1 aromatic rings. The maximum absolute atomic E-state index is 11.4. The van der Waals surface area contributed by atoms with E-state index in [-0.39, 0.29) is 12.1 Å². The minimum Gasteiger partial charge on any atom is -0.271 e. The van der Waals surface area contributed by atoms with Gasteiger partial charge in [-0.05, 0) is 0 Å². The Kier molecular flexibility index (Phi) is 4.21. The van der Waals surface area contributed by atoms with Gasteiger partial charge in [0, 0.05) is 23.4 Å². The normalized spacial score (nSPS) is 9.88. The van der Waals surface area contributed by atoms with Crippen molar-refractivity contribution in [2.75, 3.05) is 7.11 Å². The fourth-order valence-electron chi connectivity index (χ4n) is 1.17. The predicted molar refractivity (Wildman–Crippen MR) is 56.5 cm³/mol. The molecule has 0 heterocycles. The fraction of sp³-hybridized carbons (Fsp3) is 0.222. The first-order chi connectivity index (χ1) is 7.56. The van der Waals surface area contributed by atoms with E-state index in [0.29, 0.717) is 10.1 Å². The molecular formula is C9H9ClN2O4. The summed E-state index contributed by atoms with van der Waals surface area (Å²) in [5.41, 5.74) is 0.178. The molecule has 0 fully saturated rings. The van der Waals surface area contributed by atoms with E-state index in [9.17, 15) is 14.9 Å². The van der Waals surface area contributed by atoms with Crippen LogP contribution in [-0.4, -0.2) is 22.5 Å². The number of para-hydroxylation sites is 1. The highest BCUT2D eigenvalue weighted by Crippen LogP contribution is 2.19. The van der Waals surface area contributed by atoms with E-state index >= 15 is 0 Å². The monoisotopic (exact) mass is 244 g/mol. The predicted octanol–water partition coefficient (Wildman–Crippen LogP) is 1.68. The van der Waals surface area contributed by atoms with E-state index in [0.717, 1.165) is 0 Å². The lowest BCUT2D eigenvalue weighted by molar-refractivity contribution is -0.385. The van der Waals surface area contributed by atoms with Crippen LogP contribution in [0.3, 0.4) is 0 Å². The van der Waals surface area contributed by atoms with Crippen molar-refractivity contribution in [1.82, 2.24) is 4.58 Å². The molecule has 0 aliphatic heterocycles. The van der Waals surface area contributed by atoms with Crippen LogP contribution in [0.1, 0.15) is 5.56 Å². The molecule has 6 nitrogen and oxygen atoms in total. The van der Waals surface area contributed by atoms with Gasteiger partial charge in [-0.3, -0.25) is 19.7 Å². The summed E-state index contributed by atoms with van der Waals surface area (Å²) in [5.74, 6) is -0.571.